The van der Waals surface area contributed by atoms with Crippen LogP contribution in [0.15, 0.2) is 22.7 Å². The first-order chi connectivity index (χ1) is 8.86. The summed E-state index contributed by atoms with van der Waals surface area (Å²) in [5.74, 6) is -1.21. The lowest BCUT2D eigenvalue weighted by Gasteiger charge is -2.22. The summed E-state index contributed by atoms with van der Waals surface area (Å²) < 4.78 is 13.9. The summed E-state index contributed by atoms with van der Waals surface area (Å²) in [6.07, 6.45) is 0. The number of carbonyl (C=O) groups is 1. The molecule has 1 aromatic carbocycles. The summed E-state index contributed by atoms with van der Waals surface area (Å²) in [4.78, 5) is 14.6. The third-order valence-electron chi connectivity index (χ3n) is 2.55. The normalized spacial score (nSPS) is 11.3. The van der Waals surface area contributed by atoms with Crippen LogP contribution in [0.25, 0.3) is 0 Å². The Kier molecular flexibility index (Phi) is 6.41. The lowest BCUT2D eigenvalue weighted by atomic mass is 10.2. The molecule has 0 bridgehead atoms. The lowest BCUT2D eigenvalue weighted by molar-refractivity contribution is -0.138. The van der Waals surface area contributed by atoms with Crippen LogP contribution in [-0.4, -0.2) is 54.6 Å². The van der Waals surface area contributed by atoms with Crippen molar-refractivity contribution in [1.82, 2.24) is 9.80 Å². The highest BCUT2D eigenvalue weighted by Crippen LogP contribution is 2.16. The number of nitrogens with zero attached hydrogens (tertiary/aromatic N) is 2. The molecule has 1 N–H and O–H groups in total. The van der Waals surface area contributed by atoms with Crippen molar-refractivity contribution in [2.45, 2.75) is 6.54 Å². The molecular formula is C13H18BrFN2O2. The van der Waals surface area contributed by atoms with E-state index >= 15 is 0 Å². The number of aliphatic carboxylic acids is 1. The van der Waals surface area contributed by atoms with E-state index in [0.29, 0.717) is 17.6 Å². The van der Waals surface area contributed by atoms with Gasteiger partial charge in [0.2, 0.25) is 0 Å². The number of halogens is 2. The molecule has 0 fully saturated rings. The monoisotopic (exact) mass is 332 g/mol. The summed E-state index contributed by atoms with van der Waals surface area (Å²) in [5, 5.41) is 8.90. The van der Waals surface area contributed by atoms with E-state index in [9.17, 15) is 9.18 Å². The maximum atomic E-state index is 13.3. The molecule has 0 saturated carbocycles. The minimum absolute atomic E-state index is 0.0536. The molecule has 0 aliphatic carbocycles. The van der Waals surface area contributed by atoms with Gasteiger partial charge in [-0.2, -0.15) is 0 Å². The summed E-state index contributed by atoms with van der Waals surface area (Å²) in [7, 11) is 3.86. The Labute approximate surface area is 120 Å². The second kappa shape index (κ2) is 7.57. The number of benzene rings is 1. The largest absolute Gasteiger partial charge is 0.480 e. The first kappa shape index (κ1) is 16.1. The van der Waals surface area contributed by atoms with Crippen LogP contribution in [0, 0.1) is 5.82 Å². The average molecular weight is 333 g/mol. The van der Waals surface area contributed by atoms with Crippen LogP contribution in [0.4, 0.5) is 4.39 Å². The Morgan fingerprint density at radius 2 is 2.00 bits per heavy atom. The minimum atomic E-state index is -0.880. The number of hydrogen-bond donors (Lipinski definition) is 1. The summed E-state index contributed by atoms with van der Waals surface area (Å²) in [5.41, 5.74) is 0.756. The topological polar surface area (TPSA) is 43.8 Å². The van der Waals surface area contributed by atoms with E-state index in [1.807, 2.05) is 19.0 Å². The Hall–Kier alpha value is -0.980. The zero-order valence-corrected chi connectivity index (χ0v) is 12.7. The second-order valence-electron chi connectivity index (χ2n) is 4.69. The first-order valence-corrected chi connectivity index (χ1v) is 6.70. The van der Waals surface area contributed by atoms with Crippen LogP contribution in [0.2, 0.25) is 0 Å². The van der Waals surface area contributed by atoms with Crippen molar-refractivity contribution in [2.24, 2.45) is 0 Å². The second-order valence-corrected chi connectivity index (χ2v) is 5.60. The van der Waals surface area contributed by atoms with Crippen molar-refractivity contribution < 1.29 is 14.3 Å². The molecule has 1 aromatic rings. The molecule has 1 rings (SSSR count). The molecule has 0 heterocycles. The van der Waals surface area contributed by atoms with Crippen molar-refractivity contribution in [2.75, 3.05) is 33.7 Å². The van der Waals surface area contributed by atoms with Crippen molar-refractivity contribution in [3.8, 4) is 0 Å². The Balaban J connectivity index is 2.71. The molecule has 0 atom stereocenters. The number of carboxylic acids is 1. The number of rotatable bonds is 7. The van der Waals surface area contributed by atoms with Crippen LogP contribution < -0.4 is 0 Å². The number of carboxylic acid groups (broad SMARTS) is 1. The van der Waals surface area contributed by atoms with E-state index in [2.05, 4.69) is 15.9 Å². The van der Waals surface area contributed by atoms with Gasteiger partial charge in [-0.3, -0.25) is 9.69 Å². The van der Waals surface area contributed by atoms with Crippen LogP contribution in [0.5, 0.6) is 0 Å². The summed E-state index contributed by atoms with van der Waals surface area (Å²) in [6, 6.07) is 4.60. The zero-order valence-electron chi connectivity index (χ0n) is 11.1. The Morgan fingerprint density at radius 1 is 1.32 bits per heavy atom. The van der Waals surface area contributed by atoms with E-state index < -0.39 is 5.97 Å². The van der Waals surface area contributed by atoms with Gasteiger partial charge in [-0.05, 0) is 37.9 Å². The van der Waals surface area contributed by atoms with Crippen LogP contribution in [-0.2, 0) is 11.3 Å². The van der Waals surface area contributed by atoms with Gasteiger partial charge in [-0.15, -0.1) is 0 Å². The van der Waals surface area contributed by atoms with E-state index in [-0.39, 0.29) is 12.4 Å². The van der Waals surface area contributed by atoms with Gasteiger partial charge in [0.05, 0.1) is 6.54 Å². The van der Waals surface area contributed by atoms with E-state index in [4.69, 9.17) is 5.11 Å². The van der Waals surface area contributed by atoms with E-state index in [1.54, 1.807) is 11.0 Å². The third-order valence-corrected chi connectivity index (χ3v) is 3.01. The predicted molar refractivity (Wildman–Crippen MR) is 75.6 cm³/mol. The van der Waals surface area contributed by atoms with Crippen molar-refractivity contribution in [3.05, 3.63) is 34.1 Å². The van der Waals surface area contributed by atoms with Crippen LogP contribution >= 0.6 is 15.9 Å². The molecule has 0 unspecified atom stereocenters. The van der Waals surface area contributed by atoms with Crippen LogP contribution in [0.3, 0.4) is 0 Å². The van der Waals surface area contributed by atoms with Gasteiger partial charge in [0.15, 0.2) is 0 Å². The maximum absolute atomic E-state index is 13.3. The molecule has 19 heavy (non-hydrogen) atoms. The van der Waals surface area contributed by atoms with Gasteiger partial charge in [0.25, 0.3) is 0 Å². The fourth-order valence-corrected chi connectivity index (χ4v) is 2.22. The average Bonchev–Trinajstić information content (AvgIpc) is 2.23. The van der Waals surface area contributed by atoms with Crippen molar-refractivity contribution in [3.63, 3.8) is 0 Å². The lowest BCUT2D eigenvalue weighted by Crippen LogP contribution is -2.35. The fraction of sp³-hybridized carbons (Fsp3) is 0.462. The first-order valence-electron chi connectivity index (χ1n) is 5.90. The molecule has 106 valence electrons. The maximum Gasteiger partial charge on any atom is 0.317 e. The van der Waals surface area contributed by atoms with Crippen molar-refractivity contribution in [1.29, 1.82) is 0 Å². The van der Waals surface area contributed by atoms with Gasteiger partial charge in [-0.25, -0.2) is 4.39 Å². The molecule has 6 heteroatoms. The molecule has 0 spiro atoms. The van der Waals surface area contributed by atoms with Gasteiger partial charge in [-0.1, -0.05) is 15.9 Å². The summed E-state index contributed by atoms with van der Waals surface area (Å²) >= 11 is 3.23. The molecule has 0 aromatic heterocycles. The Bertz CT molecular complexity index is 420. The smallest absolute Gasteiger partial charge is 0.317 e. The standard InChI is InChI=1S/C13H18BrFN2O2/c1-16(2)3-4-17(9-13(18)19)8-10-5-11(14)7-12(15)6-10/h5-7H,3-4,8-9H2,1-2H3,(H,18,19). The van der Waals surface area contributed by atoms with Gasteiger partial charge < -0.3 is 10.0 Å². The zero-order chi connectivity index (χ0) is 14.4. The highest BCUT2D eigenvalue weighted by Gasteiger charge is 2.11. The minimum Gasteiger partial charge on any atom is -0.480 e. The fourth-order valence-electron chi connectivity index (χ4n) is 1.71. The summed E-state index contributed by atoms with van der Waals surface area (Å²) in [6.45, 7) is 1.73. The number of likely N-dealkylation sites (N-methyl/N-ethyl adjacent to an activating group) is 1. The van der Waals surface area contributed by atoms with Gasteiger partial charge in [0.1, 0.15) is 5.82 Å². The Morgan fingerprint density at radius 3 is 2.53 bits per heavy atom. The molecule has 0 saturated heterocycles. The van der Waals surface area contributed by atoms with Gasteiger partial charge in [0, 0.05) is 24.1 Å². The number of hydrogen-bond acceptors (Lipinski definition) is 3. The van der Waals surface area contributed by atoms with E-state index in [0.717, 1.165) is 12.1 Å². The molecule has 0 radical (unpaired) electrons. The highest BCUT2D eigenvalue weighted by molar-refractivity contribution is 9.10. The molecule has 0 aliphatic rings. The predicted octanol–water partition coefficient (Wildman–Crippen LogP) is 2.04. The third kappa shape index (κ3) is 6.66. The van der Waals surface area contributed by atoms with Gasteiger partial charge >= 0.3 is 5.97 Å². The van der Waals surface area contributed by atoms with E-state index in [1.165, 1.54) is 12.1 Å². The quantitative estimate of drug-likeness (QED) is 0.829. The van der Waals surface area contributed by atoms with Crippen LogP contribution in [0.1, 0.15) is 5.56 Å². The molecular weight excluding hydrogens is 315 g/mol. The molecule has 0 amide bonds. The molecule has 4 nitrogen and oxygen atoms in total. The van der Waals surface area contributed by atoms with Crippen molar-refractivity contribution >= 4 is 21.9 Å². The SMILES string of the molecule is CN(C)CCN(CC(=O)O)Cc1cc(F)cc(Br)c1. The molecule has 0 aliphatic heterocycles. The highest BCUT2D eigenvalue weighted by atomic mass is 79.9.